The van der Waals surface area contributed by atoms with Crippen molar-refractivity contribution in [3.05, 3.63) is 64.7 Å². The van der Waals surface area contributed by atoms with Crippen molar-refractivity contribution in [3.8, 4) is 17.6 Å². The number of Topliss-reactive ketones (excluding diaryl/α,β-unsaturated/α-hetero) is 2. The van der Waals surface area contributed by atoms with Crippen molar-refractivity contribution in [1.29, 1.82) is 0 Å². The van der Waals surface area contributed by atoms with E-state index < -0.39 is 5.92 Å². The van der Waals surface area contributed by atoms with Crippen molar-refractivity contribution in [1.82, 2.24) is 4.90 Å². The minimum atomic E-state index is -0.769. The number of methoxy groups -OCH3 is 1. The lowest BCUT2D eigenvalue weighted by molar-refractivity contribution is -0.134. The van der Waals surface area contributed by atoms with Crippen LogP contribution < -0.4 is 4.74 Å². The van der Waals surface area contributed by atoms with E-state index in [2.05, 4.69) is 11.8 Å². The van der Waals surface area contributed by atoms with Crippen molar-refractivity contribution < 1.29 is 19.1 Å². The number of benzene rings is 2. The fourth-order valence-electron chi connectivity index (χ4n) is 5.52. The third-order valence-electron chi connectivity index (χ3n) is 7.21. The van der Waals surface area contributed by atoms with Gasteiger partial charge in [-0.25, -0.2) is 0 Å². The molecule has 1 aliphatic carbocycles. The van der Waals surface area contributed by atoms with Crippen LogP contribution in [-0.2, 0) is 9.59 Å². The van der Waals surface area contributed by atoms with Gasteiger partial charge in [0.1, 0.15) is 23.2 Å². The molecule has 2 aliphatic rings. The summed E-state index contributed by atoms with van der Waals surface area (Å²) >= 11 is 0. The number of likely N-dealkylation sites (tertiary alicyclic amines) is 1. The number of hydrogen-bond donors (Lipinski definition) is 0. The molecule has 1 aliphatic heterocycles. The van der Waals surface area contributed by atoms with Crippen molar-refractivity contribution in [2.24, 2.45) is 11.8 Å². The topological polar surface area (TPSA) is 63.7 Å². The molecule has 0 unspecified atom stereocenters. The van der Waals surface area contributed by atoms with E-state index in [1.165, 1.54) is 0 Å². The Kier molecular flexibility index (Phi) is 7.17. The molecular formula is C29H31NO4. The van der Waals surface area contributed by atoms with E-state index in [0.717, 1.165) is 24.0 Å². The molecule has 4 rings (SSSR count). The third kappa shape index (κ3) is 4.77. The van der Waals surface area contributed by atoms with E-state index >= 15 is 0 Å². The third-order valence-corrected chi connectivity index (χ3v) is 7.21. The summed E-state index contributed by atoms with van der Waals surface area (Å²) in [5.41, 5.74) is 3.05. The number of rotatable bonds is 4. The van der Waals surface area contributed by atoms with Gasteiger partial charge in [-0.05, 0) is 68.4 Å². The second-order valence-electron chi connectivity index (χ2n) is 9.31. The number of carbonyl (C=O) groups excluding carboxylic acids is 3. The molecule has 2 aromatic carbocycles. The number of hydrogen-bond acceptors (Lipinski definition) is 4. The molecule has 0 atom stereocenters. The van der Waals surface area contributed by atoms with Crippen LogP contribution in [0.3, 0.4) is 0 Å². The van der Waals surface area contributed by atoms with Crippen LogP contribution in [0.1, 0.15) is 65.6 Å². The van der Waals surface area contributed by atoms with E-state index in [-0.39, 0.29) is 29.3 Å². The Bertz CT molecular complexity index is 1130. The zero-order valence-electron chi connectivity index (χ0n) is 20.1. The van der Waals surface area contributed by atoms with Crippen molar-refractivity contribution in [3.63, 3.8) is 0 Å². The van der Waals surface area contributed by atoms with Gasteiger partial charge in [-0.1, -0.05) is 24.1 Å². The highest BCUT2D eigenvalue weighted by atomic mass is 16.5. The van der Waals surface area contributed by atoms with E-state index in [4.69, 9.17) is 4.74 Å². The zero-order chi connectivity index (χ0) is 24.2. The van der Waals surface area contributed by atoms with Gasteiger partial charge in [-0.2, -0.15) is 0 Å². The van der Waals surface area contributed by atoms with Crippen molar-refractivity contribution >= 4 is 17.5 Å². The number of ketones is 2. The number of ether oxygens (including phenoxy) is 1. The predicted molar refractivity (Wildman–Crippen MR) is 131 cm³/mol. The highest BCUT2D eigenvalue weighted by Gasteiger charge is 2.42. The monoisotopic (exact) mass is 457 g/mol. The van der Waals surface area contributed by atoms with Crippen LogP contribution in [0.4, 0.5) is 0 Å². The largest absolute Gasteiger partial charge is 0.496 e. The zero-order valence-corrected chi connectivity index (χ0v) is 20.1. The molecule has 1 saturated heterocycles. The molecule has 5 nitrogen and oxygen atoms in total. The Labute approximate surface area is 201 Å². The fourth-order valence-corrected chi connectivity index (χ4v) is 5.52. The van der Waals surface area contributed by atoms with Gasteiger partial charge in [-0.3, -0.25) is 14.4 Å². The second-order valence-corrected chi connectivity index (χ2v) is 9.31. The highest BCUT2D eigenvalue weighted by molar-refractivity contribution is 6.10. The lowest BCUT2D eigenvalue weighted by Crippen LogP contribution is -2.42. The summed E-state index contributed by atoms with van der Waals surface area (Å²) in [5.74, 6) is 5.99. The standard InChI is InChI=1S/C29H31NO4/c1-4-8-20-15-19(2)27(26(16-20)34-3)28-24(31)17-23(18-25(28)32)21-11-13-30(14-12-21)29(33)22-9-6-5-7-10-22/h5-7,9-10,15-16,21,23,28H,11-14,17-18H2,1-3H3. The molecule has 1 heterocycles. The SMILES string of the molecule is CC#Cc1cc(C)c(C2C(=O)CC(C3CCN(C(=O)c4ccccc4)CC3)CC2=O)c(OC)c1. The minimum Gasteiger partial charge on any atom is -0.496 e. The van der Waals surface area contributed by atoms with Gasteiger partial charge in [0, 0.05) is 42.6 Å². The van der Waals surface area contributed by atoms with E-state index in [1.807, 2.05) is 54.3 Å². The summed E-state index contributed by atoms with van der Waals surface area (Å²) < 4.78 is 5.57. The lowest BCUT2D eigenvalue weighted by atomic mass is 9.69. The highest BCUT2D eigenvalue weighted by Crippen LogP contribution is 2.41. The van der Waals surface area contributed by atoms with E-state index in [1.54, 1.807) is 14.0 Å². The summed E-state index contributed by atoms with van der Waals surface area (Å²) in [6.45, 7) is 5.00. The first kappa shape index (κ1) is 23.8. The summed E-state index contributed by atoms with van der Waals surface area (Å²) in [4.78, 5) is 41.2. The average molecular weight is 458 g/mol. The summed E-state index contributed by atoms with van der Waals surface area (Å²) in [5, 5.41) is 0. The Hall–Kier alpha value is -3.39. The maximum atomic E-state index is 13.3. The second kappa shape index (κ2) is 10.3. The molecule has 2 aromatic rings. The summed E-state index contributed by atoms with van der Waals surface area (Å²) in [7, 11) is 1.56. The van der Waals surface area contributed by atoms with Crippen LogP contribution in [0.15, 0.2) is 42.5 Å². The Balaban J connectivity index is 1.44. The van der Waals surface area contributed by atoms with Crippen molar-refractivity contribution in [2.45, 2.75) is 45.4 Å². The normalized spacial score (nSPS) is 21.1. The van der Waals surface area contributed by atoms with Gasteiger partial charge in [0.05, 0.1) is 7.11 Å². The van der Waals surface area contributed by atoms with Crippen LogP contribution in [-0.4, -0.2) is 42.6 Å². The number of amides is 1. The Morgan fingerprint density at radius 2 is 1.65 bits per heavy atom. The Morgan fingerprint density at radius 3 is 2.24 bits per heavy atom. The molecule has 176 valence electrons. The number of aryl methyl sites for hydroxylation is 1. The first-order valence-electron chi connectivity index (χ1n) is 11.9. The smallest absolute Gasteiger partial charge is 0.253 e. The molecule has 0 radical (unpaired) electrons. The molecule has 0 spiro atoms. The quantitative estimate of drug-likeness (QED) is 0.499. The maximum absolute atomic E-state index is 13.3. The maximum Gasteiger partial charge on any atom is 0.253 e. The molecule has 34 heavy (non-hydrogen) atoms. The molecule has 2 fully saturated rings. The predicted octanol–water partition coefficient (Wildman–Crippen LogP) is 4.56. The van der Waals surface area contributed by atoms with Crippen LogP contribution in [0.2, 0.25) is 0 Å². The van der Waals surface area contributed by atoms with Crippen molar-refractivity contribution in [2.75, 3.05) is 20.2 Å². The Morgan fingerprint density at radius 1 is 1.00 bits per heavy atom. The van der Waals surface area contributed by atoms with Crippen LogP contribution in [0.5, 0.6) is 5.75 Å². The molecule has 1 amide bonds. The van der Waals surface area contributed by atoms with Gasteiger partial charge in [0.2, 0.25) is 0 Å². The van der Waals surface area contributed by atoms with E-state index in [9.17, 15) is 14.4 Å². The molecule has 1 saturated carbocycles. The molecule has 5 heteroatoms. The first-order valence-corrected chi connectivity index (χ1v) is 11.9. The summed E-state index contributed by atoms with van der Waals surface area (Å²) in [6.07, 6.45) is 2.43. The molecule has 0 aromatic heterocycles. The van der Waals surface area contributed by atoms with Crippen LogP contribution >= 0.6 is 0 Å². The van der Waals surface area contributed by atoms with Crippen LogP contribution in [0, 0.1) is 30.6 Å². The van der Waals surface area contributed by atoms with Gasteiger partial charge in [-0.15, -0.1) is 5.92 Å². The lowest BCUT2D eigenvalue weighted by Gasteiger charge is -2.38. The molecular weight excluding hydrogens is 426 g/mol. The molecule has 0 bridgehead atoms. The molecule has 0 N–H and O–H groups in total. The van der Waals surface area contributed by atoms with E-state index in [0.29, 0.717) is 42.8 Å². The van der Waals surface area contributed by atoms with Gasteiger partial charge in [0.15, 0.2) is 0 Å². The van der Waals surface area contributed by atoms with Gasteiger partial charge in [0.25, 0.3) is 5.91 Å². The minimum absolute atomic E-state index is 0.0280. The summed E-state index contributed by atoms with van der Waals surface area (Å²) in [6, 6.07) is 13.0. The fraction of sp³-hybridized carbons (Fsp3) is 0.414. The van der Waals surface area contributed by atoms with Crippen LogP contribution in [0.25, 0.3) is 0 Å². The number of nitrogens with zero attached hydrogens (tertiary/aromatic N) is 1. The average Bonchev–Trinajstić information content (AvgIpc) is 2.85. The van der Waals surface area contributed by atoms with Gasteiger partial charge >= 0.3 is 0 Å². The number of piperidine rings is 1. The number of carbonyl (C=O) groups is 3. The van der Waals surface area contributed by atoms with Gasteiger partial charge < -0.3 is 9.64 Å². The first-order chi connectivity index (χ1) is 16.4.